The SMILES string of the molecule is NC(Cc1ccc(Cl)c(Cl)c1)Cc1sccc1Br. The lowest BCUT2D eigenvalue weighted by Gasteiger charge is -2.11. The summed E-state index contributed by atoms with van der Waals surface area (Å²) in [7, 11) is 0. The zero-order chi connectivity index (χ0) is 13.1. The molecule has 0 aliphatic rings. The van der Waals surface area contributed by atoms with Crippen LogP contribution in [0.4, 0.5) is 0 Å². The van der Waals surface area contributed by atoms with Gasteiger partial charge in [-0.05, 0) is 57.9 Å². The van der Waals surface area contributed by atoms with E-state index in [2.05, 4.69) is 21.3 Å². The van der Waals surface area contributed by atoms with Crippen molar-refractivity contribution >= 4 is 50.5 Å². The van der Waals surface area contributed by atoms with Crippen LogP contribution in [0.3, 0.4) is 0 Å². The minimum Gasteiger partial charge on any atom is -0.327 e. The molecule has 0 saturated heterocycles. The molecule has 2 aromatic rings. The molecule has 5 heteroatoms. The third kappa shape index (κ3) is 3.72. The number of benzene rings is 1. The molecule has 0 amide bonds. The highest BCUT2D eigenvalue weighted by Gasteiger charge is 2.10. The molecular weight excluding hydrogens is 353 g/mol. The van der Waals surface area contributed by atoms with Gasteiger partial charge in [-0.15, -0.1) is 11.3 Å². The number of hydrogen-bond donors (Lipinski definition) is 1. The highest BCUT2D eigenvalue weighted by atomic mass is 79.9. The molecule has 1 atom stereocenters. The maximum atomic E-state index is 6.16. The van der Waals surface area contributed by atoms with Gasteiger partial charge in [-0.2, -0.15) is 0 Å². The van der Waals surface area contributed by atoms with E-state index < -0.39 is 0 Å². The summed E-state index contributed by atoms with van der Waals surface area (Å²) in [5, 5.41) is 3.22. The Morgan fingerprint density at radius 2 is 1.94 bits per heavy atom. The fraction of sp³-hybridized carbons (Fsp3) is 0.231. The molecule has 0 radical (unpaired) electrons. The Morgan fingerprint density at radius 3 is 2.56 bits per heavy atom. The van der Waals surface area contributed by atoms with E-state index in [0.29, 0.717) is 10.0 Å². The lowest BCUT2D eigenvalue weighted by molar-refractivity contribution is 0.670. The van der Waals surface area contributed by atoms with Gasteiger partial charge >= 0.3 is 0 Å². The molecule has 1 heterocycles. The maximum Gasteiger partial charge on any atom is 0.0595 e. The number of rotatable bonds is 4. The number of thiophene rings is 1. The van der Waals surface area contributed by atoms with E-state index >= 15 is 0 Å². The van der Waals surface area contributed by atoms with Crippen LogP contribution in [-0.4, -0.2) is 6.04 Å². The summed E-state index contributed by atoms with van der Waals surface area (Å²) in [5.74, 6) is 0. The van der Waals surface area contributed by atoms with Crippen LogP contribution in [0.15, 0.2) is 34.1 Å². The van der Waals surface area contributed by atoms with Gasteiger partial charge in [0.25, 0.3) is 0 Å². The van der Waals surface area contributed by atoms with Crippen molar-refractivity contribution in [2.24, 2.45) is 5.73 Å². The van der Waals surface area contributed by atoms with Crippen molar-refractivity contribution in [1.82, 2.24) is 0 Å². The van der Waals surface area contributed by atoms with Crippen LogP contribution in [0, 0.1) is 0 Å². The lowest BCUT2D eigenvalue weighted by Crippen LogP contribution is -2.25. The highest BCUT2D eigenvalue weighted by Crippen LogP contribution is 2.26. The summed E-state index contributed by atoms with van der Waals surface area (Å²) in [4.78, 5) is 1.28. The smallest absolute Gasteiger partial charge is 0.0595 e. The van der Waals surface area contributed by atoms with E-state index in [1.54, 1.807) is 11.3 Å². The molecule has 2 rings (SSSR count). The fourth-order valence-corrected chi connectivity index (χ4v) is 3.68. The Bertz CT molecular complexity index is 542. The van der Waals surface area contributed by atoms with Crippen molar-refractivity contribution in [1.29, 1.82) is 0 Å². The van der Waals surface area contributed by atoms with Gasteiger partial charge in [-0.1, -0.05) is 29.3 Å². The van der Waals surface area contributed by atoms with Crippen LogP contribution in [0.25, 0.3) is 0 Å². The Kier molecular flexibility index (Phi) is 5.10. The van der Waals surface area contributed by atoms with Crippen molar-refractivity contribution in [2.45, 2.75) is 18.9 Å². The predicted molar refractivity (Wildman–Crippen MR) is 83.9 cm³/mol. The molecule has 0 spiro atoms. The van der Waals surface area contributed by atoms with Gasteiger partial charge in [0.15, 0.2) is 0 Å². The first kappa shape index (κ1) is 14.4. The first-order valence-corrected chi connectivity index (χ1v) is 7.90. The monoisotopic (exact) mass is 363 g/mol. The fourth-order valence-electron chi connectivity index (χ4n) is 1.75. The minimum atomic E-state index is 0.0807. The standard InChI is InChI=1S/C13H12BrCl2NS/c14-10-3-4-18-13(10)7-9(17)5-8-1-2-11(15)12(16)6-8/h1-4,6,9H,5,7,17H2. The summed E-state index contributed by atoms with van der Waals surface area (Å²) >= 11 is 17.1. The summed E-state index contributed by atoms with van der Waals surface area (Å²) in [6.07, 6.45) is 1.65. The third-order valence-corrected chi connectivity index (χ3v) is 5.31. The van der Waals surface area contributed by atoms with Gasteiger partial charge in [0, 0.05) is 15.4 Å². The third-order valence-electron chi connectivity index (χ3n) is 2.62. The molecule has 96 valence electrons. The average molecular weight is 365 g/mol. The Hall–Kier alpha value is -0.0600. The molecule has 0 bridgehead atoms. The lowest BCUT2D eigenvalue weighted by atomic mass is 10.0. The Labute approximate surface area is 129 Å². The second-order valence-electron chi connectivity index (χ2n) is 4.11. The molecular formula is C13H12BrCl2NS. The molecule has 1 aromatic carbocycles. The van der Waals surface area contributed by atoms with Gasteiger partial charge in [0.05, 0.1) is 10.0 Å². The molecule has 0 aliphatic carbocycles. The van der Waals surface area contributed by atoms with E-state index in [1.165, 1.54) is 4.88 Å². The van der Waals surface area contributed by atoms with E-state index in [0.717, 1.165) is 22.9 Å². The van der Waals surface area contributed by atoms with Crippen LogP contribution >= 0.6 is 50.5 Å². The van der Waals surface area contributed by atoms with Crippen LogP contribution in [0.5, 0.6) is 0 Å². The van der Waals surface area contributed by atoms with Crippen molar-refractivity contribution in [2.75, 3.05) is 0 Å². The largest absolute Gasteiger partial charge is 0.327 e. The first-order valence-electron chi connectivity index (χ1n) is 5.47. The van der Waals surface area contributed by atoms with Gasteiger partial charge in [-0.25, -0.2) is 0 Å². The van der Waals surface area contributed by atoms with Crippen molar-refractivity contribution in [3.05, 3.63) is 54.6 Å². The van der Waals surface area contributed by atoms with Gasteiger partial charge < -0.3 is 5.73 Å². The normalized spacial score (nSPS) is 12.7. The molecule has 0 fully saturated rings. The quantitative estimate of drug-likeness (QED) is 0.817. The average Bonchev–Trinajstić information content (AvgIpc) is 2.70. The molecule has 1 nitrogen and oxygen atoms in total. The second-order valence-corrected chi connectivity index (χ2v) is 6.78. The zero-order valence-corrected chi connectivity index (χ0v) is 13.4. The molecule has 18 heavy (non-hydrogen) atoms. The number of hydrogen-bond acceptors (Lipinski definition) is 2. The summed E-state index contributed by atoms with van der Waals surface area (Å²) in [5.41, 5.74) is 7.28. The van der Waals surface area contributed by atoms with E-state index in [9.17, 15) is 0 Å². The summed E-state index contributed by atoms with van der Waals surface area (Å²) in [6, 6.07) is 7.79. The van der Waals surface area contributed by atoms with Crippen molar-refractivity contribution < 1.29 is 0 Å². The maximum absolute atomic E-state index is 6.16. The van der Waals surface area contributed by atoms with Gasteiger partial charge in [0.2, 0.25) is 0 Å². The van der Waals surface area contributed by atoms with Gasteiger partial charge in [-0.3, -0.25) is 0 Å². The summed E-state index contributed by atoms with van der Waals surface area (Å²) in [6.45, 7) is 0. The number of halogens is 3. The van der Waals surface area contributed by atoms with E-state index in [1.807, 2.05) is 24.3 Å². The number of nitrogens with two attached hydrogens (primary N) is 1. The minimum absolute atomic E-state index is 0.0807. The van der Waals surface area contributed by atoms with Crippen LogP contribution in [-0.2, 0) is 12.8 Å². The van der Waals surface area contributed by atoms with Crippen LogP contribution in [0.1, 0.15) is 10.4 Å². The Balaban J connectivity index is 2.01. The highest BCUT2D eigenvalue weighted by molar-refractivity contribution is 9.10. The van der Waals surface area contributed by atoms with Crippen LogP contribution < -0.4 is 5.73 Å². The molecule has 0 aliphatic heterocycles. The topological polar surface area (TPSA) is 26.0 Å². The van der Waals surface area contributed by atoms with Gasteiger partial charge in [0.1, 0.15) is 0 Å². The first-order chi connectivity index (χ1) is 8.56. The molecule has 1 unspecified atom stereocenters. The predicted octanol–water partition coefficient (Wildman–Crippen LogP) is 4.93. The van der Waals surface area contributed by atoms with Crippen molar-refractivity contribution in [3.8, 4) is 0 Å². The molecule has 2 N–H and O–H groups in total. The molecule has 0 saturated carbocycles. The molecule has 1 aromatic heterocycles. The Morgan fingerprint density at radius 1 is 1.17 bits per heavy atom. The van der Waals surface area contributed by atoms with E-state index in [4.69, 9.17) is 28.9 Å². The zero-order valence-electron chi connectivity index (χ0n) is 9.50. The second kappa shape index (κ2) is 6.40. The van der Waals surface area contributed by atoms with Crippen LogP contribution in [0.2, 0.25) is 10.0 Å². The van der Waals surface area contributed by atoms with Crippen molar-refractivity contribution in [3.63, 3.8) is 0 Å². The summed E-state index contributed by atoms with van der Waals surface area (Å²) < 4.78 is 1.14. The van der Waals surface area contributed by atoms with E-state index in [-0.39, 0.29) is 6.04 Å².